The zero-order valence-corrected chi connectivity index (χ0v) is 11.3. The maximum atomic E-state index is 12.8. The summed E-state index contributed by atoms with van der Waals surface area (Å²) in [4.78, 5) is 0. The molecule has 0 spiro atoms. The van der Waals surface area contributed by atoms with Gasteiger partial charge in [-0.3, -0.25) is 0 Å². The first kappa shape index (κ1) is 14.4. The molecule has 1 fully saturated rings. The lowest BCUT2D eigenvalue weighted by Gasteiger charge is -2.48. The van der Waals surface area contributed by atoms with E-state index in [9.17, 15) is 13.2 Å². The van der Waals surface area contributed by atoms with Gasteiger partial charge >= 0.3 is 6.18 Å². The number of rotatable bonds is 1. The van der Waals surface area contributed by atoms with Crippen molar-refractivity contribution in [3.63, 3.8) is 0 Å². The van der Waals surface area contributed by atoms with Crippen LogP contribution < -0.4 is 5.73 Å². The molecule has 0 aromatic heterocycles. The second-order valence-electron chi connectivity index (χ2n) is 6.14. The van der Waals surface area contributed by atoms with Gasteiger partial charge in [0.25, 0.3) is 0 Å². The van der Waals surface area contributed by atoms with E-state index in [-0.39, 0.29) is 5.41 Å². The van der Waals surface area contributed by atoms with E-state index in [4.69, 9.17) is 5.73 Å². The highest BCUT2D eigenvalue weighted by Gasteiger charge is 2.45. The summed E-state index contributed by atoms with van der Waals surface area (Å²) in [5, 5.41) is 0. The Bertz CT molecular complexity index is 465. The molecule has 1 aromatic carbocycles. The number of hydrogen-bond donors (Lipinski definition) is 1. The highest BCUT2D eigenvalue weighted by atomic mass is 19.4. The number of halogens is 3. The van der Waals surface area contributed by atoms with Gasteiger partial charge < -0.3 is 5.73 Å². The Hall–Kier alpha value is -1.03. The van der Waals surface area contributed by atoms with Crippen molar-refractivity contribution in [2.24, 2.45) is 11.1 Å². The van der Waals surface area contributed by atoms with Crippen molar-refractivity contribution in [2.75, 3.05) is 0 Å². The molecule has 1 saturated carbocycles. The van der Waals surface area contributed by atoms with Crippen LogP contribution in [0, 0.1) is 5.41 Å². The van der Waals surface area contributed by atoms with Gasteiger partial charge in [-0.15, -0.1) is 0 Å². The van der Waals surface area contributed by atoms with Gasteiger partial charge in [0.1, 0.15) is 0 Å². The average molecular weight is 271 g/mol. The highest BCUT2D eigenvalue weighted by molar-refractivity contribution is 5.33. The molecule has 0 amide bonds. The van der Waals surface area contributed by atoms with Crippen LogP contribution in [0.3, 0.4) is 0 Å². The third-order valence-corrected chi connectivity index (χ3v) is 4.54. The summed E-state index contributed by atoms with van der Waals surface area (Å²) in [6.07, 6.45) is -0.576. The first-order valence-corrected chi connectivity index (χ1v) is 6.63. The zero-order valence-electron chi connectivity index (χ0n) is 11.3. The number of benzene rings is 1. The molecule has 106 valence electrons. The normalized spacial score (nSPS) is 27.3. The molecular weight excluding hydrogens is 251 g/mol. The lowest BCUT2D eigenvalue weighted by atomic mass is 9.61. The highest BCUT2D eigenvalue weighted by Crippen LogP contribution is 2.48. The first-order valence-electron chi connectivity index (χ1n) is 6.63. The fourth-order valence-electron chi connectivity index (χ4n) is 3.04. The minimum Gasteiger partial charge on any atom is -0.321 e. The lowest BCUT2D eigenvalue weighted by Crippen LogP contribution is -2.51. The molecule has 2 rings (SSSR count). The Kier molecular flexibility index (Phi) is 3.42. The van der Waals surface area contributed by atoms with Crippen molar-refractivity contribution in [3.05, 3.63) is 35.4 Å². The van der Waals surface area contributed by atoms with E-state index >= 15 is 0 Å². The maximum Gasteiger partial charge on any atom is 0.416 e. The summed E-state index contributed by atoms with van der Waals surface area (Å²) >= 11 is 0. The van der Waals surface area contributed by atoms with Gasteiger partial charge in [-0.1, -0.05) is 38.8 Å². The van der Waals surface area contributed by atoms with Gasteiger partial charge in [0.2, 0.25) is 0 Å². The van der Waals surface area contributed by atoms with Gasteiger partial charge in [-0.2, -0.15) is 13.2 Å². The molecule has 1 aliphatic carbocycles. The number of alkyl halides is 3. The van der Waals surface area contributed by atoms with E-state index in [2.05, 4.69) is 0 Å². The molecule has 0 bridgehead atoms. The Morgan fingerprint density at radius 1 is 1.11 bits per heavy atom. The largest absolute Gasteiger partial charge is 0.416 e. The Labute approximate surface area is 112 Å². The van der Waals surface area contributed by atoms with Crippen molar-refractivity contribution in [2.45, 2.75) is 51.2 Å². The predicted octanol–water partition coefficient (Wildman–Crippen LogP) is 4.46. The summed E-state index contributed by atoms with van der Waals surface area (Å²) < 4.78 is 38.4. The van der Waals surface area contributed by atoms with Crippen LogP contribution >= 0.6 is 0 Å². The molecule has 0 radical (unpaired) electrons. The van der Waals surface area contributed by atoms with Crippen molar-refractivity contribution in [1.82, 2.24) is 0 Å². The molecule has 0 heterocycles. The monoisotopic (exact) mass is 271 g/mol. The molecule has 1 atom stereocenters. The summed E-state index contributed by atoms with van der Waals surface area (Å²) in [5.41, 5.74) is 5.63. The summed E-state index contributed by atoms with van der Waals surface area (Å²) in [6.45, 7) is 4.10. The smallest absolute Gasteiger partial charge is 0.321 e. The predicted molar refractivity (Wildman–Crippen MR) is 69.6 cm³/mol. The Balaban J connectivity index is 2.46. The first-order chi connectivity index (χ1) is 8.67. The van der Waals surface area contributed by atoms with E-state index in [0.29, 0.717) is 5.56 Å². The van der Waals surface area contributed by atoms with Crippen LogP contribution in [-0.4, -0.2) is 0 Å². The van der Waals surface area contributed by atoms with E-state index in [1.807, 2.05) is 13.8 Å². The van der Waals surface area contributed by atoms with E-state index in [1.165, 1.54) is 12.1 Å². The average Bonchev–Trinajstić information content (AvgIpc) is 2.32. The van der Waals surface area contributed by atoms with E-state index < -0.39 is 17.3 Å². The van der Waals surface area contributed by atoms with Crippen molar-refractivity contribution < 1.29 is 13.2 Å². The van der Waals surface area contributed by atoms with Crippen LogP contribution in [0.25, 0.3) is 0 Å². The SMILES string of the molecule is CC1(C)CCCCC1(N)c1cccc(C(F)(F)F)c1. The minimum atomic E-state index is -4.31. The van der Waals surface area contributed by atoms with Crippen LogP contribution in [0.15, 0.2) is 24.3 Å². The quantitative estimate of drug-likeness (QED) is 0.801. The topological polar surface area (TPSA) is 26.0 Å². The fraction of sp³-hybridized carbons (Fsp3) is 0.600. The molecule has 1 unspecified atom stereocenters. The van der Waals surface area contributed by atoms with Crippen LogP contribution in [-0.2, 0) is 11.7 Å². The van der Waals surface area contributed by atoms with E-state index in [0.717, 1.165) is 31.7 Å². The Morgan fingerprint density at radius 2 is 1.74 bits per heavy atom. The fourth-order valence-corrected chi connectivity index (χ4v) is 3.04. The second-order valence-corrected chi connectivity index (χ2v) is 6.14. The molecule has 0 aliphatic heterocycles. The van der Waals surface area contributed by atoms with Gasteiger partial charge in [0, 0.05) is 5.54 Å². The summed E-state index contributed by atoms with van der Waals surface area (Å²) in [5.74, 6) is 0. The molecule has 1 aliphatic rings. The third kappa shape index (κ3) is 2.50. The molecular formula is C15H20F3N. The molecule has 1 nitrogen and oxygen atoms in total. The zero-order chi connectivity index (χ0) is 14.3. The van der Waals surface area contributed by atoms with Gasteiger partial charge in [-0.05, 0) is 36.0 Å². The van der Waals surface area contributed by atoms with Crippen LogP contribution in [0.4, 0.5) is 13.2 Å². The third-order valence-electron chi connectivity index (χ3n) is 4.54. The second kappa shape index (κ2) is 4.51. The standard InChI is InChI=1S/C15H20F3N/c1-13(2)8-3-4-9-14(13,19)11-6-5-7-12(10-11)15(16,17)18/h5-7,10H,3-4,8-9,19H2,1-2H3. The molecule has 1 aromatic rings. The van der Waals surface area contributed by atoms with Crippen molar-refractivity contribution in [1.29, 1.82) is 0 Å². The summed E-state index contributed by atoms with van der Waals surface area (Å²) in [6, 6.07) is 5.50. The van der Waals surface area contributed by atoms with Crippen molar-refractivity contribution >= 4 is 0 Å². The van der Waals surface area contributed by atoms with Crippen LogP contribution in [0.5, 0.6) is 0 Å². The molecule has 0 saturated heterocycles. The molecule has 4 heteroatoms. The van der Waals surface area contributed by atoms with E-state index in [1.54, 1.807) is 6.07 Å². The maximum absolute atomic E-state index is 12.8. The van der Waals surface area contributed by atoms with Crippen LogP contribution in [0.1, 0.15) is 50.7 Å². The number of nitrogens with two attached hydrogens (primary N) is 1. The lowest BCUT2D eigenvalue weighted by molar-refractivity contribution is -0.137. The minimum absolute atomic E-state index is 0.185. The number of hydrogen-bond acceptors (Lipinski definition) is 1. The Morgan fingerprint density at radius 3 is 2.32 bits per heavy atom. The summed E-state index contributed by atoms with van der Waals surface area (Å²) in [7, 11) is 0. The van der Waals surface area contributed by atoms with Crippen molar-refractivity contribution in [3.8, 4) is 0 Å². The molecule has 2 N–H and O–H groups in total. The van der Waals surface area contributed by atoms with Gasteiger partial charge in [0.15, 0.2) is 0 Å². The van der Waals surface area contributed by atoms with Gasteiger partial charge in [0.05, 0.1) is 5.56 Å². The van der Waals surface area contributed by atoms with Crippen LogP contribution in [0.2, 0.25) is 0 Å². The van der Waals surface area contributed by atoms with Gasteiger partial charge in [-0.25, -0.2) is 0 Å². The molecule has 19 heavy (non-hydrogen) atoms.